The first-order chi connectivity index (χ1) is 25.9. The number of amides is 6. The maximum atomic E-state index is 14.7. The van der Waals surface area contributed by atoms with E-state index in [0.717, 1.165) is 68.1 Å². The summed E-state index contributed by atoms with van der Waals surface area (Å²) in [6, 6.07) is 3.52. The molecule has 15 heteroatoms. The second kappa shape index (κ2) is 15.4. The van der Waals surface area contributed by atoms with Crippen LogP contribution >= 0.6 is 0 Å². The van der Waals surface area contributed by atoms with E-state index in [1.165, 1.54) is 11.0 Å². The second-order valence-corrected chi connectivity index (χ2v) is 17.9. The van der Waals surface area contributed by atoms with Crippen molar-refractivity contribution in [1.82, 2.24) is 30.1 Å². The molecule has 5 atom stereocenters. The van der Waals surface area contributed by atoms with Gasteiger partial charge in [0.1, 0.15) is 23.7 Å². The zero-order valence-corrected chi connectivity index (χ0v) is 31.8. The molecule has 7 rings (SSSR count). The van der Waals surface area contributed by atoms with E-state index in [2.05, 4.69) is 34.1 Å². The van der Waals surface area contributed by atoms with Crippen molar-refractivity contribution < 1.29 is 37.1 Å². The average Bonchev–Trinajstić information content (AvgIpc) is 4.05. The predicted molar refractivity (Wildman–Crippen MR) is 200 cm³/mol. The number of carbonyl (C=O) groups excluding carboxylic acids is 5. The van der Waals surface area contributed by atoms with Crippen molar-refractivity contribution in [3.05, 3.63) is 53.6 Å². The molecular weight excluding hydrogens is 713 g/mol. The van der Waals surface area contributed by atoms with Crippen molar-refractivity contribution in [3.8, 4) is 0 Å². The number of fused-ring (bicyclic) bond motifs is 3. The summed E-state index contributed by atoms with van der Waals surface area (Å²) >= 11 is 0. The summed E-state index contributed by atoms with van der Waals surface area (Å²) in [4.78, 5) is 74.5. The van der Waals surface area contributed by atoms with Crippen LogP contribution in [0.15, 0.2) is 36.9 Å². The Labute approximate surface area is 317 Å². The lowest BCUT2D eigenvalue weighted by atomic mass is 9.83. The van der Waals surface area contributed by atoms with E-state index >= 15 is 0 Å². The molecule has 1 aromatic rings. The molecule has 4 fully saturated rings. The van der Waals surface area contributed by atoms with Gasteiger partial charge >= 0.3 is 12.1 Å². The second-order valence-electron chi connectivity index (χ2n) is 15.9. The Hall–Kier alpha value is -4.40. The first kappa shape index (κ1) is 37.9. The Morgan fingerprint density at radius 2 is 1.81 bits per heavy atom. The normalized spacial score (nSPS) is 30.2. The number of nitrogens with one attached hydrogen (secondary N) is 3. The number of hydrogen-bond acceptors (Lipinski definition) is 8. The molecule has 292 valence electrons. The van der Waals surface area contributed by atoms with Crippen molar-refractivity contribution in [1.29, 1.82) is 0 Å². The SMILES string of the molecule is C=C[C@H]1C[C@]1(NC(=O)[C@@H]1C[C@@H]2CN1C(=O)[C@H](C1CCCCC1)NC(=O)N(C)CCCC/C=C/c1cccc3c1CN(C3)C(=O)O2)C(=O)NS(=O)(=O)C1CC1. The molecule has 3 N–H and O–H groups in total. The Morgan fingerprint density at radius 3 is 2.54 bits per heavy atom. The molecule has 0 spiro atoms. The smallest absolute Gasteiger partial charge is 0.410 e. The van der Waals surface area contributed by atoms with E-state index in [-0.39, 0.29) is 31.3 Å². The molecule has 1 saturated heterocycles. The number of benzene rings is 1. The van der Waals surface area contributed by atoms with Crippen LogP contribution in [-0.4, -0.2) is 102 Å². The standard InChI is InChI=1S/C39H52N6O8S/c1-3-28-21-39(28,36(48)42-54(51,52)30-17-18-30)41-34(46)32-20-29-23-45(32)35(47)33(26-13-8-6-9-14-26)40-37(49)43(2)19-10-5-4-7-12-25-15-11-16-27-22-44(24-31(25)27)38(50)53-29/h3,7,11-12,15-16,26,28-30,32-33H,1,4-6,8-10,13-14,17-24H2,2H3,(H,40,49)(H,41,46)(H,42,48)/b12-7+/t28-,29+,32-,33-,39+/m0/s1. The van der Waals surface area contributed by atoms with Crippen molar-refractivity contribution in [2.75, 3.05) is 20.1 Å². The highest BCUT2D eigenvalue weighted by Gasteiger charge is 2.62. The first-order valence-corrected chi connectivity index (χ1v) is 21.0. The van der Waals surface area contributed by atoms with Gasteiger partial charge in [-0.25, -0.2) is 18.0 Å². The molecule has 3 saturated carbocycles. The van der Waals surface area contributed by atoms with E-state index in [1.807, 2.05) is 18.2 Å². The van der Waals surface area contributed by atoms with Gasteiger partial charge in [-0.3, -0.25) is 24.0 Å². The highest BCUT2D eigenvalue weighted by molar-refractivity contribution is 7.91. The molecule has 0 aromatic heterocycles. The molecule has 1 aromatic carbocycles. The van der Waals surface area contributed by atoms with Gasteiger partial charge in [-0.05, 0) is 74.0 Å². The molecule has 3 aliphatic carbocycles. The summed E-state index contributed by atoms with van der Waals surface area (Å²) in [6.07, 6.45) is 12.0. The van der Waals surface area contributed by atoms with Gasteiger partial charge in [0, 0.05) is 32.5 Å². The molecule has 0 radical (unpaired) electrons. The van der Waals surface area contributed by atoms with E-state index in [1.54, 1.807) is 16.8 Å². The highest BCUT2D eigenvalue weighted by atomic mass is 32.2. The summed E-state index contributed by atoms with van der Waals surface area (Å²) in [6.45, 7) is 4.91. The van der Waals surface area contributed by atoms with Gasteiger partial charge in [0.25, 0.3) is 5.91 Å². The number of allylic oxidation sites excluding steroid dienone is 1. The van der Waals surface area contributed by atoms with E-state index in [9.17, 15) is 32.4 Å². The van der Waals surface area contributed by atoms with Crippen LogP contribution in [0, 0.1) is 11.8 Å². The van der Waals surface area contributed by atoms with Crippen LogP contribution in [0.25, 0.3) is 6.08 Å². The minimum Gasteiger partial charge on any atom is -0.444 e. The largest absolute Gasteiger partial charge is 0.444 e. The fourth-order valence-corrected chi connectivity index (χ4v) is 9.90. The molecule has 4 bridgehead atoms. The topological polar surface area (TPSA) is 175 Å². The van der Waals surface area contributed by atoms with Crippen LogP contribution in [0.2, 0.25) is 0 Å². The lowest BCUT2D eigenvalue weighted by molar-refractivity contribution is -0.142. The van der Waals surface area contributed by atoms with Crippen LogP contribution in [0.5, 0.6) is 0 Å². The van der Waals surface area contributed by atoms with Crippen molar-refractivity contribution >= 4 is 45.9 Å². The molecule has 6 aliphatic rings. The highest BCUT2D eigenvalue weighted by Crippen LogP contribution is 2.45. The number of urea groups is 1. The summed E-state index contributed by atoms with van der Waals surface area (Å²) in [5.74, 6) is -2.64. The Kier molecular flexibility index (Phi) is 10.8. The fourth-order valence-electron chi connectivity index (χ4n) is 8.54. The average molecular weight is 765 g/mol. The number of hydrogen-bond donors (Lipinski definition) is 3. The van der Waals surface area contributed by atoms with Gasteiger partial charge in [0.15, 0.2) is 0 Å². The molecule has 3 aliphatic heterocycles. The monoisotopic (exact) mass is 764 g/mol. The summed E-state index contributed by atoms with van der Waals surface area (Å²) < 4.78 is 33.7. The number of ether oxygens (including phenoxy) is 1. The number of sulfonamides is 1. The van der Waals surface area contributed by atoms with Crippen LogP contribution < -0.4 is 15.4 Å². The Balaban J connectivity index is 1.17. The minimum atomic E-state index is -3.90. The number of rotatable bonds is 7. The Morgan fingerprint density at radius 1 is 1.04 bits per heavy atom. The molecule has 3 heterocycles. The first-order valence-electron chi connectivity index (χ1n) is 19.5. The molecule has 6 amide bonds. The zero-order chi connectivity index (χ0) is 38.2. The van der Waals surface area contributed by atoms with Gasteiger partial charge in [0.2, 0.25) is 21.8 Å². The van der Waals surface area contributed by atoms with Crippen LogP contribution in [0.3, 0.4) is 0 Å². The molecule has 54 heavy (non-hydrogen) atoms. The zero-order valence-electron chi connectivity index (χ0n) is 31.0. The lowest BCUT2D eigenvalue weighted by Gasteiger charge is -2.35. The van der Waals surface area contributed by atoms with Crippen LogP contribution in [0.4, 0.5) is 9.59 Å². The van der Waals surface area contributed by atoms with Crippen molar-refractivity contribution in [3.63, 3.8) is 0 Å². The van der Waals surface area contributed by atoms with Crippen molar-refractivity contribution in [2.24, 2.45) is 11.8 Å². The van der Waals surface area contributed by atoms with Gasteiger partial charge in [0.05, 0.1) is 18.3 Å². The van der Waals surface area contributed by atoms with E-state index in [4.69, 9.17) is 4.74 Å². The van der Waals surface area contributed by atoms with Crippen LogP contribution in [-0.2, 0) is 42.2 Å². The maximum Gasteiger partial charge on any atom is 0.410 e. The predicted octanol–water partition coefficient (Wildman–Crippen LogP) is 3.57. The third-order valence-corrected chi connectivity index (χ3v) is 13.9. The van der Waals surface area contributed by atoms with Gasteiger partial charge in [-0.15, -0.1) is 6.58 Å². The third-order valence-electron chi connectivity index (χ3n) is 12.1. The summed E-state index contributed by atoms with van der Waals surface area (Å²) in [5.41, 5.74) is 1.54. The number of carbonyl (C=O) groups is 5. The van der Waals surface area contributed by atoms with Gasteiger partial charge in [-0.2, -0.15) is 0 Å². The van der Waals surface area contributed by atoms with Gasteiger partial charge in [-0.1, -0.05) is 55.7 Å². The Bertz CT molecular complexity index is 1820. The van der Waals surface area contributed by atoms with Crippen LogP contribution in [0.1, 0.15) is 93.7 Å². The quantitative estimate of drug-likeness (QED) is 0.354. The molecular formula is C39H52N6O8S. The summed E-state index contributed by atoms with van der Waals surface area (Å²) in [5, 5.41) is 5.18. The van der Waals surface area contributed by atoms with Gasteiger partial charge < -0.3 is 25.2 Å². The van der Waals surface area contributed by atoms with E-state index < -0.39 is 68.7 Å². The fraction of sp³-hybridized carbons (Fsp3) is 0.615. The number of nitrogens with zero attached hydrogens (tertiary/aromatic N) is 3. The molecule has 14 nitrogen and oxygen atoms in total. The maximum absolute atomic E-state index is 14.7. The lowest BCUT2D eigenvalue weighted by Crippen LogP contribution is -2.60. The van der Waals surface area contributed by atoms with E-state index in [0.29, 0.717) is 32.5 Å². The minimum absolute atomic E-state index is 0.0415. The summed E-state index contributed by atoms with van der Waals surface area (Å²) in [7, 11) is -2.19. The third kappa shape index (κ3) is 7.87. The van der Waals surface area contributed by atoms with Crippen molar-refractivity contribution in [2.45, 2.75) is 119 Å². The molecule has 0 unspecified atom stereocenters.